The zero-order chi connectivity index (χ0) is 14.0. The average molecular weight is 287 g/mol. The lowest BCUT2D eigenvalue weighted by atomic mass is 9.95. The molecule has 2 rings (SSSR count). The van der Waals surface area contributed by atoms with Gasteiger partial charge in [0, 0.05) is 6.61 Å². The van der Waals surface area contributed by atoms with Gasteiger partial charge in [-0.25, -0.2) is 0 Å². The molecule has 106 valence electrons. The summed E-state index contributed by atoms with van der Waals surface area (Å²) in [6.07, 6.45) is 0.950. The fourth-order valence-electron chi connectivity index (χ4n) is 1.91. The number of halogens is 1. The van der Waals surface area contributed by atoms with E-state index < -0.39 is 0 Å². The van der Waals surface area contributed by atoms with Crippen LogP contribution in [0.2, 0.25) is 5.28 Å². The molecule has 2 heterocycles. The fourth-order valence-corrected chi connectivity index (χ4v) is 2.06. The van der Waals surface area contributed by atoms with E-state index in [1.165, 1.54) is 0 Å². The van der Waals surface area contributed by atoms with Crippen LogP contribution in [0, 0.1) is 0 Å². The molecule has 1 fully saturated rings. The summed E-state index contributed by atoms with van der Waals surface area (Å²) in [6, 6.07) is 0.229. The van der Waals surface area contributed by atoms with Gasteiger partial charge in [-0.15, -0.1) is 0 Å². The van der Waals surface area contributed by atoms with Gasteiger partial charge in [-0.1, -0.05) is 0 Å². The molecule has 0 saturated carbocycles. The van der Waals surface area contributed by atoms with E-state index in [9.17, 15) is 0 Å². The molecule has 1 saturated heterocycles. The Morgan fingerprint density at radius 1 is 1.42 bits per heavy atom. The van der Waals surface area contributed by atoms with Gasteiger partial charge in [0.15, 0.2) is 0 Å². The molecule has 0 amide bonds. The van der Waals surface area contributed by atoms with Crippen LogP contribution in [-0.2, 0) is 4.74 Å². The van der Waals surface area contributed by atoms with Crippen molar-refractivity contribution in [2.45, 2.75) is 51.9 Å². The molecular formula is C12H19ClN4O2. The van der Waals surface area contributed by atoms with Gasteiger partial charge < -0.3 is 14.8 Å². The Morgan fingerprint density at radius 2 is 2.16 bits per heavy atom. The first kappa shape index (κ1) is 14.3. The van der Waals surface area contributed by atoms with Crippen molar-refractivity contribution in [3.63, 3.8) is 0 Å². The Bertz CT molecular complexity index is 457. The summed E-state index contributed by atoms with van der Waals surface area (Å²) in [4.78, 5) is 12.2. The zero-order valence-electron chi connectivity index (χ0n) is 11.6. The third-order valence-electron chi connectivity index (χ3n) is 3.21. The summed E-state index contributed by atoms with van der Waals surface area (Å²) >= 11 is 5.89. The highest BCUT2D eigenvalue weighted by atomic mass is 35.5. The van der Waals surface area contributed by atoms with Crippen LogP contribution >= 0.6 is 11.6 Å². The van der Waals surface area contributed by atoms with Crippen LogP contribution < -0.4 is 10.1 Å². The zero-order valence-corrected chi connectivity index (χ0v) is 12.4. The van der Waals surface area contributed by atoms with Crippen molar-refractivity contribution in [3.8, 4) is 6.01 Å². The lowest BCUT2D eigenvalue weighted by Crippen LogP contribution is -2.41. The van der Waals surface area contributed by atoms with Crippen molar-refractivity contribution >= 4 is 17.5 Å². The second-order valence-electron chi connectivity index (χ2n) is 5.18. The highest BCUT2D eigenvalue weighted by molar-refractivity contribution is 6.28. The third kappa shape index (κ3) is 3.45. The van der Waals surface area contributed by atoms with Gasteiger partial charge in [0.25, 0.3) is 0 Å². The maximum absolute atomic E-state index is 5.89. The summed E-state index contributed by atoms with van der Waals surface area (Å²) in [5.41, 5.74) is -0.209. The molecule has 1 aliphatic rings. The third-order valence-corrected chi connectivity index (χ3v) is 3.38. The van der Waals surface area contributed by atoms with Gasteiger partial charge in [0.05, 0.1) is 17.7 Å². The van der Waals surface area contributed by atoms with Crippen molar-refractivity contribution in [2.75, 3.05) is 11.9 Å². The van der Waals surface area contributed by atoms with Crippen LogP contribution in [0.5, 0.6) is 6.01 Å². The molecule has 7 heteroatoms. The largest absolute Gasteiger partial charge is 0.461 e. The predicted octanol–water partition coefficient (Wildman–Crippen LogP) is 2.29. The maximum atomic E-state index is 5.89. The monoisotopic (exact) mass is 286 g/mol. The quantitative estimate of drug-likeness (QED) is 0.916. The lowest BCUT2D eigenvalue weighted by Gasteiger charge is -2.28. The minimum absolute atomic E-state index is 0.0179. The summed E-state index contributed by atoms with van der Waals surface area (Å²) in [7, 11) is 0. The topological polar surface area (TPSA) is 69.2 Å². The Hall–Kier alpha value is -1.14. The summed E-state index contributed by atoms with van der Waals surface area (Å²) in [6.45, 7) is 8.62. The highest BCUT2D eigenvalue weighted by Crippen LogP contribution is 2.28. The van der Waals surface area contributed by atoms with Gasteiger partial charge in [-0.2, -0.15) is 15.0 Å². The summed E-state index contributed by atoms with van der Waals surface area (Å²) < 4.78 is 11.0. The smallest absolute Gasteiger partial charge is 0.322 e. The van der Waals surface area contributed by atoms with Crippen LogP contribution in [0.1, 0.15) is 34.1 Å². The number of hydrogen-bond acceptors (Lipinski definition) is 6. The predicted molar refractivity (Wildman–Crippen MR) is 72.7 cm³/mol. The normalized spacial score (nSPS) is 26.7. The first-order valence-electron chi connectivity index (χ1n) is 6.37. The number of hydrogen-bond donors (Lipinski definition) is 1. The molecular weight excluding hydrogens is 268 g/mol. The molecule has 2 atom stereocenters. The molecule has 0 bridgehead atoms. The Labute approximate surface area is 117 Å². The summed E-state index contributed by atoms with van der Waals surface area (Å²) in [5, 5.41) is 3.38. The molecule has 1 aliphatic heterocycles. The fraction of sp³-hybridized carbons (Fsp3) is 0.750. The van der Waals surface area contributed by atoms with E-state index in [2.05, 4.69) is 27.2 Å². The first-order chi connectivity index (χ1) is 8.89. The minimum atomic E-state index is -0.209. The van der Waals surface area contributed by atoms with Crippen molar-refractivity contribution in [1.82, 2.24) is 15.0 Å². The van der Waals surface area contributed by atoms with E-state index in [-0.39, 0.29) is 29.0 Å². The second-order valence-corrected chi connectivity index (χ2v) is 5.52. The van der Waals surface area contributed by atoms with E-state index in [0.29, 0.717) is 5.95 Å². The van der Waals surface area contributed by atoms with Crippen LogP contribution in [0.4, 0.5) is 5.95 Å². The van der Waals surface area contributed by atoms with Crippen LogP contribution in [0.3, 0.4) is 0 Å². The SMILES string of the molecule is CC(C)Oc1nc(Cl)nc(NC2(C)CCOC2C)n1. The Kier molecular flexibility index (Phi) is 4.10. The van der Waals surface area contributed by atoms with Crippen LogP contribution in [0.15, 0.2) is 0 Å². The van der Waals surface area contributed by atoms with Crippen molar-refractivity contribution in [1.29, 1.82) is 0 Å². The Balaban J connectivity index is 2.18. The van der Waals surface area contributed by atoms with E-state index in [1.807, 2.05) is 20.8 Å². The van der Waals surface area contributed by atoms with Gasteiger partial charge in [0.1, 0.15) is 0 Å². The lowest BCUT2D eigenvalue weighted by molar-refractivity contribution is 0.105. The molecule has 2 unspecified atom stereocenters. The van der Waals surface area contributed by atoms with Gasteiger partial charge in [0.2, 0.25) is 11.2 Å². The average Bonchev–Trinajstić information content (AvgIpc) is 2.56. The van der Waals surface area contributed by atoms with E-state index >= 15 is 0 Å². The number of rotatable bonds is 4. The number of ether oxygens (including phenoxy) is 2. The second kappa shape index (κ2) is 5.46. The number of nitrogens with zero attached hydrogens (tertiary/aromatic N) is 3. The number of nitrogens with one attached hydrogen (secondary N) is 1. The molecule has 1 aromatic heterocycles. The number of aromatic nitrogens is 3. The molecule has 0 aliphatic carbocycles. The minimum Gasteiger partial charge on any atom is -0.461 e. The standard InChI is InChI=1S/C12H19ClN4O2/c1-7(2)19-11-15-9(13)14-10(16-11)17-12(4)5-6-18-8(12)3/h7-8H,5-6H2,1-4H3,(H,14,15,16,17). The molecule has 0 spiro atoms. The molecule has 0 radical (unpaired) electrons. The van der Waals surface area contributed by atoms with Crippen LogP contribution in [-0.4, -0.2) is 39.3 Å². The summed E-state index contributed by atoms with van der Waals surface area (Å²) in [5.74, 6) is 0.413. The van der Waals surface area contributed by atoms with E-state index in [4.69, 9.17) is 21.1 Å². The highest BCUT2D eigenvalue weighted by Gasteiger charge is 2.37. The van der Waals surface area contributed by atoms with E-state index in [0.717, 1.165) is 13.0 Å². The van der Waals surface area contributed by atoms with Gasteiger partial charge >= 0.3 is 6.01 Å². The molecule has 1 aromatic rings. The van der Waals surface area contributed by atoms with Crippen molar-refractivity contribution < 1.29 is 9.47 Å². The maximum Gasteiger partial charge on any atom is 0.322 e. The van der Waals surface area contributed by atoms with Crippen LogP contribution in [0.25, 0.3) is 0 Å². The van der Waals surface area contributed by atoms with E-state index in [1.54, 1.807) is 0 Å². The number of anilines is 1. The molecule has 0 aromatic carbocycles. The Morgan fingerprint density at radius 3 is 2.74 bits per heavy atom. The molecule has 19 heavy (non-hydrogen) atoms. The van der Waals surface area contributed by atoms with Crippen molar-refractivity contribution in [2.24, 2.45) is 0 Å². The molecule has 1 N–H and O–H groups in total. The van der Waals surface area contributed by atoms with Gasteiger partial charge in [-0.05, 0) is 45.7 Å². The van der Waals surface area contributed by atoms with Gasteiger partial charge in [-0.3, -0.25) is 0 Å². The van der Waals surface area contributed by atoms with Crippen molar-refractivity contribution in [3.05, 3.63) is 5.28 Å². The first-order valence-corrected chi connectivity index (χ1v) is 6.75. The molecule has 6 nitrogen and oxygen atoms in total.